The van der Waals surface area contributed by atoms with Gasteiger partial charge in [-0.05, 0) is 83.5 Å². The summed E-state index contributed by atoms with van der Waals surface area (Å²) in [4.78, 5) is 13.3. The number of amides is 1. The number of carbonyl (C=O) groups excluding carboxylic acids is 1. The smallest absolute Gasteiger partial charge is 0.220 e. The van der Waals surface area contributed by atoms with Gasteiger partial charge in [-0.3, -0.25) is 4.79 Å². The van der Waals surface area contributed by atoms with Crippen molar-refractivity contribution in [3.8, 4) is 0 Å². The molecule has 0 aromatic heterocycles. The molecule has 12 unspecified atom stereocenters. The third kappa shape index (κ3) is 37.8. The molecule has 1 amide bonds. The lowest BCUT2D eigenvalue weighted by Crippen LogP contribution is -2.65. The maximum absolute atomic E-state index is 13.3. The van der Waals surface area contributed by atoms with Crippen LogP contribution in [0.25, 0.3) is 0 Å². The topological polar surface area (TPSA) is 228 Å². The van der Waals surface area contributed by atoms with Crippen LogP contribution in [0, 0.1) is 0 Å². The van der Waals surface area contributed by atoms with Gasteiger partial charge in [-0.15, -0.1) is 0 Å². The van der Waals surface area contributed by atoms with Crippen molar-refractivity contribution in [2.75, 3.05) is 19.8 Å². The standard InChI is InChI=1S/C70H117NO13/c1-3-5-7-9-11-13-15-17-19-21-23-25-26-27-28-29-30-31-32-34-36-38-40-42-44-46-48-50-52-54-62(75)71-58(59(74)53-51-49-47-45-43-41-39-37-35-33-24-22-20-18-16-14-12-10-8-6-4-2)57-81-69-67(80)65(78)68(61(56-73)83-69)84-70-66(79)64(77)63(76)60(55-72)82-70/h5,7,11,13,17,19,23,25,27-28,30-31,34,36,40,42,46,48,51,53,58-61,63-70,72-74,76-80H,3-4,6,8-10,12,14-16,18,20-22,24,26,29,32-33,35,37-39,41,43-45,47,49-50,52,54-57H2,1-2H3,(H,71,75)/b7-5-,13-11-,19-17-,25-23-,28-27-,31-30-,36-34-,42-40-,48-46-,53-51+. The Hall–Kier alpha value is -3.61. The first kappa shape index (κ1) is 76.5. The first-order valence-corrected chi connectivity index (χ1v) is 32.8. The molecule has 2 rings (SSSR count). The third-order valence-electron chi connectivity index (χ3n) is 15.2. The first-order valence-electron chi connectivity index (χ1n) is 32.8. The summed E-state index contributed by atoms with van der Waals surface area (Å²) in [6.45, 7) is 2.65. The van der Waals surface area contributed by atoms with E-state index in [1.54, 1.807) is 6.08 Å². The minimum Gasteiger partial charge on any atom is -0.394 e. The van der Waals surface area contributed by atoms with Crippen molar-refractivity contribution < 1.29 is 64.6 Å². The summed E-state index contributed by atoms with van der Waals surface area (Å²) in [6.07, 6.45) is 61.0. The maximum Gasteiger partial charge on any atom is 0.220 e. The summed E-state index contributed by atoms with van der Waals surface area (Å²) in [5, 5.41) is 87.3. The molecule has 480 valence electrons. The Bertz CT molecular complexity index is 1870. The average molecular weight is 1180 g/mol. The van der Waals surface area contributed by atoms with Gasteiger partial charge in [0.05, 0.1) is 32.0 Å². The highest BCUT2D eigenvalue weighted by Gasteiger charge is 2.51. The number of rotatable bonds is 51. The molecule has 2 fully saturated rings. The molecule has 14 nitrogen and oxygen atoms in total. The van der Waals surface area contributed by atoms with Crippen molar-refractivity contribution in [1.29, 1.82) is 0 Å². The van der Waals surface area contributed by atoms with Crippen LogP contribution in [0.5, 0.6) is 0 Å². The van der Waals surface area contributed by atoms with Crippen LogP contribution >= 0.6 is 0 Å². The first-order chi connectivity index (χ1) is 41.1. The van der Waals surface area contributed by atoms with Gasteiger partial charge in [0.25, 0.3) is 0 Å². The Morgan fingerprint density at radius 3 is 1.25 bits per heavy atom. The van der Waals surface area contributed by atoms with Crippen molar-refractivity contribution in [1.82, 2.24) is 5.32 Å². The fourth-order valence-corrected chi connectivity index (χ4v) is 9.94. The minimum absolute atomic E-state index is 0.193. The molecule has 14 heteroatoms. The zero-order chi connectivity index (χ0) is 60.9. The highest BCUT2D eigenvalue weighted by atomic mass is 16.7. The van der Waals surface area contributed by atoms with Gasteiger partial charge in [0.1, 0.15) is 48.8 Å². The minimum atomic E-state index is -1.80. The summed E-state index contributed by atoms with van der Waals surface area (Å²) < 4.78 is 22.8. The third-order valence-corrected chi connectivity index (χ3v) is 15.2. The van der Waals surface area contributed by atoms with Crippen molar-refractivity contribution in [2.45, 2.75) is 293 Å². The highest BCUT2D eigenvalue weighted by Crippen LogP contribution is 2.30. The number of unbranched alkanes of at least 4 members (excludes halogenated alkanes) is 20. The van der Waals surface area contributed by atoms with Crippen molar-refractivity contribution in [2.24, 2.45) is 0 Å². The fourth-order valence-electron chi connectivity index (χ4n) is 9.94. The van der Waals surface area contributed by atoms with Gasteiger partial charge in [0, 0.05) is 6.42 Å². The molecule has 0 aromatic rings. The Balaban J connectivity index is 1.77. The number of allylic oxidation sites excluding steroid dienone is 19. The Kier molecular flexibility index (Phi) is 48.8. The van der Waals surface area contributed by atoms with E-state index in [9.17, 15) is 45.6 Å². The fraction of sp³-hybridized carbons (Fsp3) is 0.700. The predicted molar refractivity (Wildman–Crippen MR) is 341 cm³/mol. The molecule has 2 heterocycles. The normalized spacial score (nSPS) is 24.5. The molecule has 84 heavy (non-hydrogen) atoms. The summed E-state index contributed by atoms with van der Waals surface area (Å²) in [7, 11) is 0. The number of carbonyl (C=O) groups is 1. The summed E-state index contributed by atoms with van der Waals surface area (Å²) in [6, 6.07) is -0.956. The lowest BCUT2D eigenvalue weighted by molar-refractivity contribution is -0.359. The van der Waals surface area contributed by atoms with E-state index in [1.807, 2.05) is 12.2 Å². The Labute approximate surface area is 508 Å². The molecule has 0 aromatic carbocycles. The number of aliphatic hydroxyl groups is 8. The summed E-state index contributed by atoms with van der Waals surface area (Å²) >= 11 is 0. The van der Waals surface area contributed by atoms with Gasteiger partial charge in [0.15, 0.2) is 12.6 Å². The summed E-state index contributed by atoms with van der Waals surface area (Å²) in [5.74, 6) is -0.301. The van der Waals surface area contributed by atoms with Crippen molar-refractivity contribution >= 4 is 5.91 Å². The second kappa shape index (κ2) is 53.6. The molecule has 2 aliphatic rings. The SMILES string of the molecule is CC/C=C\C/C=C\C/C=C\C/C=C\C/C=C\C/C=C\C/C=C\C/C=C\C/C=C\CCCC(=O)NC(COC1OC(CO)C(OC2OC(CO)C(O)C(O)C2O)C(O)C1O)C(O)/C=C/CCCCCCCCCCCCCCCCCCCCC. The molecule has 2 saturated heterocycles. The van der Waals surface area contributed by atoms with Crippen LogP contribution in [0.2, 0.25) is 0 Å². The molecule has 0 radical (unpaired) electrons. The van der Waals surface area contributed by atoms with Gasteiger partial charge in [-0.25, -0.2) is 0 Å². The van der Waals surface area contributed by atoms with Crippen molar-refractivity contribution in [3.63, 3.8) is 0 Å². The van der Waals surface area contributed by atoms with Crippen LogP contribution in [0.1, 0.15) is 219 Å². The van der Waals surface area contributed by atoms with E-state index >= 15 is 0 Å². The number of hydrogen-bond acceptors (Lipinski definition) is 13. The number of aliphatic hydroxyl groups excluding tert-OH is 8. The quantitative estimate of drug-likeness (QED) is 0.0204. The highest BCUT2D eigenvalue weighted by molar-refractivity contribution is 5.76. The molecule has 12 atom stereocenters. The summed E-state index contributed by atoms with van der Waals surface area (Å²) in [5.41, 5.74) is 0. The van der Waals surface area contributed by atoms with Crippen LogP contribution in [0.3, 0.4) is 0 Å². The van der Waals surface area contributed by atoms with Gasteiger partial charge >= 0.3 is 0 Å². The number of hydrogen-bond donors (Lipinski definition) is 9. The largest absolute Gasteiger partial charge is 0.394 e. The van der Waals surface area contributed by atoms with Gasteiger partial charge in [0.2, 0.25) is 5.91 Å². The number of nitrogens with one attached hydrogen (secondary N) is 1. The van der Waals surface area contributed by atoms with E-state index in [0.717, 1.165) is 83.5 Å². The van der Waals surface area contributed by atoms with E-state index in [4.69, 9.17) is 18.9 Å². The van der Waals surface area contributed by atoms with E-state index in [0.29, 0.717) is 12.8 Å². The van der Waals surface area contributed by atoms with Crippen LogP contribution in [-0.4, -0.2) is 140 Å². The molecular formula is C70H117NO13. The number of ether oxygens (including phenoxy) is 4. The van der Waals surface area contributed by atoms with Crippen LogP contribution in [0.4, 0.5) is 0 Å². The monoisotopic (exact) mass is 1180 g/mol. The van der Waals surface area contributed by atoms with E-state index in [2.05, 4.69) is 122 Å². The van der Waals surface area contributed by atoms with Crippen LogP contribution < -0.4 is 5.32 Å². The lowest BCUT2D eigenvalue weighted by Gasteiger charge is -2.46. The average Bonchev–Trinajstić information content (AvgIpc) is 3.24. The zero-order valence-corrected chi connectivity index (χ0v) is 51.8. The maximum atomic E-state index is 13.3. The van der Waals surface area contributed by atoms with Gasteiger partial charge in [-0.2, -0.15) is 0 Å². The van der Waals surface area contributed by atoms with E-state index in [-0.39, 0.29) is 18.9 Å². The lowest BCUT2D eigenvalue weighted by atomic mass is 9.97. The molecule has 0 aliphatic carbocycles. The molecule has 0 saturated carbocycles. The Morgan fingerprint density at radius 1 is 0.440 bits per heavy atom. The molecule has 0 bridgehead atoms. The van der Waals surface area contributed by atoms with E-state index in [1.165, 1.54) is 103 Å². The second-order valence-corrected chi connectivity index (χ2v) is 22.5. The van der Waals surface area contributed by atoms with Gasteiger partial charge in [-0.1, -0.05) is 251 Å². The molecule has 0 spiro atoms. The van der Waals surface area contributed by atoms with Crippen LogP contribution in [0.15, 0.2) is 122 Å². The molecular weight excluding hydrogens is 1060 g/mol. The predicted octanol–water partition coefficient (Wildman–Crippen LogP) is 12.6. The second-order valence-electron chi connectivity index (χ2n) is 22.5. The molecule has 2 aliphatic heterocycles. The van der Waals surface area contributed by atoms with Crippen molar-refractivity contribution in [3.05, 3.63) is 122 Å². The van der Waals surface area contributed by atoms with E-state index < -0.39 is 86.8 Å². The Morgan fingerprint density at radius 2 is 0.821 bits per heavy atom. The zero-order valence-electron chi connectivity index (χ0n) is 51.8. The van der Waals surface area contributed by atoms with Crippen LogP contribution in [-0.2, 0) is 23.7 Å². The van der Waals surface area contributed by atoms with Gasteiger partial charge < -0.3 is 65.1 Å². The molecule has 9 N–H and O–H groups in total.